The zero-order valence-electron chi connectivity index (χ0n) is 25.6. The van der Waals surface area contributed by atoms with E-state index in [4.69, 9.17) is 4.74 Å². The molecule has 0 spiro atoms. The highest BCUT2D eigenvalue weighted by atomic mass is 32.2. The summed E-state index contributed by atoms with van der Waals surface area (Å²) in [7, 11) is -4.27. The van der Waals surface area contributed by atoms with Crippen molar-refractivity contribution in [2.24, 2.45) is 0 Å². The lowest BCUT2D eigenvalue weighted by Crippen LogP contribution is -2.53. The molecular formula is C35H38FN3O5S. The molecule has 0 aliphatic rings. The zero-order chi connectivity index (χ0) is 32.4. The Morgan fingerprint density at radius 2 is 1.51 bits per heavy atom. The molecule has 0 radical (unpaired) electrons. The van der Waals surface area contributed by atoms with Crippen molar-refractivity contribution in [3.63, 3.8) is 0 Å². The van der Waals surface area contributed by atoms with Crippen LogP contribution in [-0.4, -0.2) is 50.9 Å². The summed E-state index contributed by atoms with van der Waals surface area (Å²) in [5.74, 6) is -1.12. The van der Waals surface area contributed by atoms with Gasteiger partial charge in [0.1, 0.15) is 24.2 Å². The van der Waals surface area contributed by atoms with Crippen LogP contribution in [0.1, 0.15) is 30.5 Å². The third kappa shape index (κ3) is 8.48. The number of nitrogens with zero attached hydrogens (tertiary/aromatic N) is 2. The fourth-order valence-corrected chi connectivity index (χ4v) is 6.31. The van der Waals surface area contributed by atoms with E-state index in [0.29, 0.717) is 18.9 Å². The monoisotopic (exact) mass is 631 g/mol. The van der Waals surface area contributed by atoms with Crippen LogP contribution in [0.5, 0.6) is 5.75 Å². The Labute approximate surface area is 264 Å². The van der Waals surface area contributed by atoms with Crippen molar-refractivity contribution < 1.29 is 27.1 Å². The molecule has 8 nitrogen and oxygen atoms in total. The van der Waals surface area contributed by atoms with Gasteiger partial charge in [0.2, 0.25) is 11.8 Å². The highest BCUT2D eigenvalue weighted by Gasteiger charge is 2.35. The van der Waals surface area contributed by atoms with Crippen molar-refractivity contribution >= 4 is 27.5 Å². The van der Waals surface area contributed by atoms with Gasteiger partial charge in [-0.2, -0.15) is 0 Å². The van der Waals surface area contributed by atoms with Gasteiger partial charge in [-0.15, -0.1) is 0 Å². The molecular weight excluding hydrogens is 593 g/mol. The maximum Gasteiger partial charge on any atom is 0.264 e. The summed E-state index contributed by atoms with van der Waals surface area (Å²) in [6, 6.07) is 26.9. The number of nitrogens with one attached hydrogen (secondary N) is 1. The Morgan fingerprint density at radius 1 is 0.867 bits per heavy atom. The Kier molecular flexibility index (Phi) is 11.3. The number of amides is 2. The van der Waals surface area contributed by atoms with E-state index in [1.165, 1.54) is 23.1 Å². The Hall–Kier alpha value is -4.70. The molecule has 10 heteroatoms. The van der Waals surface area contributed by atoms with E-state index < -0.39 is 40.2 Å². The molecule has 0 saturated heterocycles. The minimum absolute atomic E-state index is 0.0375. The molecule has 0 heterocycles. The predicted molar refractivity (Wildman–Crippen MR) is 173 cm³/mol. The second-order valence-corrected chi connectivity index (χ2v) is 12.3. The first-order valence-electron chi connectivity index (χ1n) is 14.8. The van der Waals surface area contributed by atoms with Crippen LogP contribution in [-0.2, 0) is 32.6 Å². The fraction of sp³-hybridized carbons (Fsp3) is 0.257. The number of carbonyl (C=O) groups excluding carboxylic acids is 2. The van der Waals surface area contributed by atoms with Gasteiger partial charge in [-0.3, -0.25) is 13.9 Å². The van der Waals surface area contributed by atoms with Crippen molar-refractivity contribution in [1.29, 1.82) is 0 Å². The minimum atomic E-state index is -4.27. The maximum atomic E-state index is 15.0. The third-order valence-corrected chi connectivity index (χ3v) is 9.03. The first-order chi connectivity index (χ1) is 21.6. The standard InChI is InChI=1S/C35H38FN3O5S/c1-4-37-35(41)33(23-27-11-7-6-8-12-27)38(24-28-13-9-10-14-32(28)36)34(40)25-39(29-17-15-26(3)16-18-29)45(42,43)31-21-19-30(20-22-31)44-5-2/h6-22,33H,4-5,23-25H2,1-3H3,(H,37,41). The van der Waals surface area contributed by atoms with E-state index in [9.17, 15) is 22.4 Å². The van der Waals surface area contributed by atoms with Gasteiger partial charge in [-0.05, 0) is 68.8 Å². The number of rotatable bonds is 14. The van der Waals surface area contributed by atoms with E-state index in [1.807, 2.05) is 44.2 Å². The number of anilines is 1. The summed E-state index contributed by atoms with van der Waals surface area (Å²) in [6.45, 7) is 5.33. The minimum Gasteiger partial charge on any atom is -0.494 e. The van der Waals surface area contributed by atoms with E-state index in [2.05, 4.69) is 5.32 Å². The van der Waals surface area contributed by atoms with Crippen LogP contribution in [0.15, 0.2) is 108 Å². The van der Waals surface area contributed by atoms with Crippen molar-refractivity contribution in [2.75, 3.05) is 24.0 Å². The molecule has 236 valence electrons. The topological polar surface area (TPSA) is 96.0 Å². The Bertz CT molecular complexity index is 1680. The van der Waals surface area contributed by atoms with Gasteiger partial charge in [-0.1, -0.05) is 66.2 Å². The maximum absolute atomic E-state index is 15.0. The van der Waals surface area contributed by atoms with Crippen molar-refractivity contribution in [1.82, 2.24) is 10.2 Å². The number of carbonyl (C=O) groups is 2. The number of ether oxygens (including phenoxy) is 1. The molecule has 4 rings (SSSR count). The largest absolute Gasteiger partial charge is 0.494 e. The second-order valence-electron chi connectivity index (χ2n) is 10.5. The average Bonchev–Trinajstić information content (AvgIpc) is 3.04. The van der Waals surface area contributed by atoms with Gasteiger partial charge < -0.3 is 15.0 Å². The summed E-state index contributed by atoms with van der Waals surface area (Å²) in [5.41, 5.74) is 2.16. The number of likely N-dealkylation sites (N-methyl/N-ethyl adjacent to an activating group) is 1. The third-order valence-electron chi connectivity index (χ3n) is 7.24. The molecule has 45 heavy (non-hydrogen) atoms. The molecule has 0 aromatic heterocycles. The molecule has 1 N–H and O–H groups in total. The smallest absolute Gasteiger partial charge is 0.264 e. The molecule has 0 bridgehead atoms. The van der Waals surface area contributed by atoms with Crippen LogP contribution < -0.4 is 14.4 Å². The van der Waals surface area contributed by atoms with Gasteiger partial charge in [0.05, 0.1) is 17.2 Å². The van der Waals surface area contributed by atoms with E-state index in [1.54, 1.807) is 61.5 Å². The molecule has 0 aliphatic carbocycles. The van der Waals surface area contributed by atoms with Crippen LogP contribution >= 0.6 is 0 Å². The van der Waals surface area contributed by atoms with Crippen LogP contribution in [0.3, 0.4) is 0 Å². The Balaban J connectivity index is 1.79. The van der Waals surface area contributed by atoms with Crippen molar-refractivity contribution in [3.8, 4) is 5.75 Å². The molecule has 0 saturated carbocycles. The lowest BCUT2D eigenvalue weighted by molar-refractivity contribution is -0.140. The SMILES string of the molecule is CCNC(=O)C(Cc1ccccc1)N(Cc1ccccc1F)C(=O)CN(c1ccc(C)cc1)S(=O)(=O)c1ccc(OCC)cc1. The zero-order valence-corrected chi connectivity index (χ0v) is 26.5. The lowest BCUT2D eigenvalue weighted by Gasteiger charge is -2.34. The fourth-order valence-electron chi connectivity index (χ4n) is 4.90. The van der Waals surface area contributed by atoms with Crippen LogP contribution in [0.25, 0.3) is 0 Å². The first-order valence-corrected chi connectivity index (χ1v) is 16.2. The molecule has 0 fully saturated rings. The summed E-state index contributed by atoms with van der Waals surface area (Å²) >= 11 is 0. The Morgan fingerprint density at radius 3 is 2.13 bits per heavy atom. The molecule has 1 unspecified atom stereocenters. The number of aryl methyl sites for hydroxylation is 1. The van der Waals surface area contributed by atoms with Crippen molar-refractivity contribution in [3.05, 3.63) is 126 Å². The summed E-state index contributed by atoms with van der Waals surface area (Å²) in [6.07, 6.45) is 0.142. The normalized spacial score (nSPS) is 11.8. The van der Waals surface area contributed by atoms with Gasteiger partial charge >= 0.3 is 0 Å². The van der Waals surface area contributed by atoms with Gasteiger partial charge in [-0.25, -0.2) is 12.8 Å². The van der Waals surface area contributed by atoms with E-state index in [-0.39, 0.29) is 29.1 Å². The molecule has 4 aromatic carbocycles. The second kappa shape index (κ2) is 15.3. The van der Waals surface area contributed by atoms with Crippen molar-refractivity contribution in [2.45, 2.75) is 44.7 Å². The van der Waals surface area contributed by atoms with Crippen LogP contribution in [0.2, 0.25) is 0 Å². The highest BCUT2D eigenvalue weighted by molar-refractivity contribution is 7.92. The van der Waals surface area contributed by atoms with Gasteiger partial charge in [0.15, 0.2) is 0 Å². The van der Waals surface area contributed by atoms with Gasteiger partial charge in [0, 0.05) is 25.1 Å². The van der Waals surface area contributed by atoms with E-state index in [0.717, 1.165) is 15.4 Å². The first kappa shape index (κ1) is 33.2. The number of sulfonamides is 1. The summed E-state index contributed by atoms with van der Waals surface area (Å²) in [4.78, 5) is 29.1. The van der Waals surface area contributed by atoms with Crippen LogP contribution in [0.4, 0.5) is 10.1 Å². The summed E-state index contributed by atoms with van der Waals surface area (Å²) in [5, 5.41) is 2.79. The quantitative estimate of drug-likeness (QED) is 0.198. The number of benzene rings is 4. The lowest BCUT2D eigenvalue weighted by atomic mass is 10.0. The molecule has 4 aromatic rings. The molecule has 2 amide bonds. The number of hydrogen-bond donors (Lipinski definition) is 1. The van der Waals surface area contributed by atoms with Gasteiger partial charge in [0.25, 0.3) is 10.0 Å². The average molecular weight is 632 g/mol. The predicted octanol–water partition coefficient (Wildman–Crippen LogP) is 5.50. The molecule has 0 aliphatic heterocycles. The van der Waals surface area contributed by atoms with Crippen LogP contribution in [0, 0.1) is 12.7 Å². The summed E-state index contributed by atoms with van der Waals surface area (Å²) < 4.78 is 49.7. The van der Waals surface area contributed by atoms with E-state index >= 15 is 0 Å². The number of halogens is 1. The highest BCUT2D eigenvalue weighted by Crippen LogP contribution is 2.27. The molecule has 1 atom stereocenters. The number of hydrogen-bond acceptors (Lipinski definition) is 5.